The maximum absolute atomic E-state index is 13.0. The van der Waals surface area contributed by atoms with Crippen molar-refractivity contribution in [2.24, 2.45) is 0 Å². The average Bonchev–Trinajstić information content (AvgIpc) is 3.21. The summed E-state index contributed by atoms with van der Waals surface area (Å²) in [4.78, 5) is 15.1. The van der Waals surface area contributed by atoms with Crippen molar-refractivity contribution >= 4 is 15.9 Å². The quantitative estimate of drug-likeness (QED) is 0.793. The van der Waals surface area contributed by atoms with Gasteiger partial charge < -0.3 is 15.0 Å². The summed E-state index contributed by atoms with van der Waals surface area (Å²) in [7, 11) is -3.60. The van der Waals surface area contributed by atoms with Crippen LogP contribution in [-0.2, 0) is 14.8 Å². The molecule has 2 aliphatic rings. The van der Waals surface area contributed by atoms with Gasteiger partial charge in [0.2, 0.25) is 10.0 Å². The Hall–Kier alpha value is -1.48. The summed E-state index contributed by atoms with van der Waals surface area (Å²) in [6.45, 7) is 5.90. The van der Waals surface area contributed by atoms with Crippen LogP contribution in [0.1, 0.15) is 30.1 Å². The molecule has 1 N–H and O–H groups in total. The van der Waals surface area contributed by atoms with Crippen LogP contribution in [0.2, 0.25) is 0 Å². The van der Waals surface area contributed by atoms with Gasteiger partial charge in [0.25, 0.3) is 5.91 Å². The highest BCUT2D eigenvalue weighted by atomic mass is 32.2. The minimum atomic E-state index is -3.60. The van der Waals surface area contributed by atoms with E-state index in [1.165, 1.54) is 10.4 Å². The van der Waals surface area contributed by atoms with Gasteiger partial charge in [0.15, 0.2) is 0 Å². The number of sulfonamides is 1. The molecule has 8 heteroatoms. The maximum Gasteiger partial charge on any atom is 0.254 e. The highest BCUT2D eigenvalue weighted by molar-refractivity contribution is 7.89. The fourth-order valence-corrected chi connectivity index (χ4v) is 4.94. The van der Waals surface area contributed by atoms with Crippen LogP contribution in [0, 0.1) is 0 Å². The summed E-state index contributed by atoms with van der Waals surface area (Å²) in [5.74, 6) is -0.0976. The van der Waals surface area contributed by atoms with Gasteiger partial charge >= 0.3 is 0 Å². The van der Waals surface area contributed by atoms with Crippen molar-refractivity contribution in [2.75, 3.05) is 45.9 Å². The number of hydrogen-bond donors (Lipinski definition) is 1. The van der Waals surface area contributed by atoms with E-state index < -0.39 is 10.0 Å². The zero-order chi connectivity index (χ0) is 18.6. The number of nitrogens with one attached hydrogen (secondary N) is 1. The van der Waals surface area contributed by atoms with Crippen LogP contribution in [0.5, 0.6) is 0 Å². The molecule has 2 saturated heterocycles. The predicted octanol–water partition coefficient (Wildman–Crippen LogP) is 0.922. The lowest BCUT2D eigenvalue weighted by Crippen LogP contribution is -2.42. The third-order valence-corrected chi connectivity index (χ3v) is 6.78. The van der Waals surface area contributed by atoms with Crippen molar-refractivity contribution in [2.45, 2.75) is 30.7 Å². The Balaban J connectivity index is 1.84. The van der Waals surface area contributed by atoms with Crippen molar-refractivity contribution in [3.8, 4) is 0 Å². The van der Waals surface area contributed by atoms with Crippen molar-refractivity contribution in [1.82, 2.24) is 14.5 Å². The van der Waals surface area contributed by atoms with Crippen molar-refractivity contribution in [3.05, 3.63) is 29.8 Å². The summed E-state index contributed by atoms with van der Waals surface area (Å²) in [5.41, 5.74) is 0.430. The molecule has 0 aliphatic carbocycles. The molecule has 2 fully saturated rings. The third-order valence-electron chi connectivity index (χ3n) is 4.89. The third kappa shape index (κ3) is 4.09. The molecule has 1 atom stereocenters. The number of hydrogen-bond acceptors (Lipinski definition) is 5. The van der Waals surface area contributed by atoms with E-state index in [-0.39, 0.29) is 16.8 Å². The Morgan fingerprint density at radius 3 is 2.77 bits per heavy atom. The summed E-state index contributed by atoms with van der Waals surface area (Å²) >= 11 is 0. The SMILES string of the molecule is CCCN(C(=O)c1cccc(S(=O)(=O)N2CCOCC2)c1)C1CCNC1. The zero-order valence-electron chi connectivity index (χ0n) is 15.2. The van der Waals surface area contributed by atoms with Crippen LogP contribution < -0.4 is 5.32 Å². The first-order chi connectivity index (χ1) is 12.5. The Labute approximate surface area is 155 Å². The van der Waals surface area contributed by atoms with Gasteiger partial charge in [0.1, 0.15) is 0 Å². The van der Waals surface area contributed by atoms with Crippen LogP contribution >= 0.6 is 0 Å². The fourth-order valence-electron chi connectivity index (χ4n) is 3.49. The standard InChI is InChI=1S/C18H27N3O4S/c1-2-8-21(16-6-7-19-14-16)18(22)15-4-3-5-17(13-15)26(23,24)20-9-11-25-12-10-20/h3-5,13,16,19H,2,6-12,14H2,1H3. The van der Waals surface area contributed by atoms with Gasteiger partial charge in [-0.25, -0.2) is 8.42 Å². The van der Waals surface area contributed by atoms with Gasteiger partial charge in [-0.2, -0.15) is 4.31 Å². The van der Waals surface area contributed by atoms with Crippen molar-refractivity contribution < 1.29 is 17.9 Å². The molecular formula is C18H27N3O4S. The Morgan fingerprint density at radius 1 is 1.35 bits per heavy atom. The van der Waals surface area contributed by atoms with Gasteiger partial charge in [0.05, 0.1) is 18.1 Å². The monoisotopic (exact) mass is 381 g/mol. The van der Waals surface area contributed by atoms with E-state index in [0.717, 1.165) is 25.9 Å². The number of benzene rings is 1. The average molecular weight is 381 g/mol. The molecule has 1 unspecified atom stereocenters. The number of rotatable bonds is 6. The maximum atomic E-state index is 13.0. The Morgan fingerprint density at radius 2 is 2.12 bits per heavy atom. The van der Waals surface area contributed by atoms with Crippen LogP contribution in [-0.4, -0.2) is 75.5 Å². The van der Waals surface area contributed by atoms with Gasteiger partial charge in [-0.05, 0) is 37.6 Å². The molecule has 26 heavy (non-hydrogen) atoms. The van der Waals surface area contributed by atoms with Crippen LogP contribution in [0.4, 0.5) is 0 Å². The number of carbonyl (C=O) groups is 1. The highest BCUT2D eigenvalue weighted by Gasteiger charge is 2.29. The van der Waals surface area contributed by atoms with E-state index in [2.05, 4.69) is 5.32 Å². The molecule has 2 heterocycles. The number of amides is 1. The number of carbonyl (C=O) groups excluding carboxylic acids is 1. The second kappa shape index (κ2) is 8.47. The predicted molar refractivity (Wildman–Crippen MR) is 98.6 cm³/mol. The Kier molecular flexibility index (Phi) is 6.29. The minimum Gasteiger partial charge on any atom is -0.379 e. The molecule has 1 aromatic rings. The number of morpholine rings is 1. The molecule has 2 aliphatic heterocycles. The number of ether oxygens (including phenoxy) is 1. The van der Waals surface area contributed by atoms with E-state index in [4.69, 9.17) is 4.74 Å². The smallest absolute Gasteiger partial charge is 0.254 e. The van der Waals surface area contributed by atoms with Gasteiger partial charge in [-0.3, -0.25) is 4.79 Å². The second-order valence-electron chi connectivity index (χ2n) is 6.69. The summed E-state index contributed by atoms with van der Waals surface area (Å²) in [5, 5.41) is 3.29. The van der Waals surface area contributed by atoms with E-state index in [9.17, 15) is 13.2 Å². The molecule has 0 aromatic heterocycles. The van der Waals surface area contributed by atoms with Crippen LogP contribution in [0.25, 0.3) is 0 Å². The molecule has 0 saturated carbocycles. The van der Waals surface area contributed by atoms with Crippen LogP contribution in [0.3, 0.4) is 0 Å². The molecule has 0 spiro atoms. The molecule has 0 bridgehead atoms. The lowest BCUT2D eigenvalue weighted by atomic mass is 10.1. The molecule has 0 radical (unpaired) electrons. The first-order valence-electron chi connectivity index (χ1n) is 9.23. The van der Waals surface area contributed by atoms with E-state index in [0.29, 0.717) is 38.4 Å². The summed E-state index contributed by atoms with van der Waals surface area (Å²) < 4.78 is 32.4. The normalized spacial score (nSPS) is 21.7. The highest BCUT2D eigenvalue weighted by Crippen LogP contribution is 2.20. The first kappa shape index (κ1) is 19.3. The zero-order valence-corrected chi connectivity index (χ0v) is 16.0. The first-order valence-corrected chi connectivity index (χ1v) is 10.7. The summed E-state index contributed by atoms with van der Waals surface area (Å²) in [6.07, 6.45) is 1.80. The van der Waals surface area contributed by atoms with Crippen molar-refractivity contribution in [1.29, 1.82) is 0 Å². The van der Waals surface area contributed by atoms with Gasteiger partial charge in [-0.1, -0.05) is 13.0 Å². The lowest BCUT2D eigenvalue weighted by molar-refractivity contribution is 0.0691. The number of nitrogens with zero attached hydrogens (tertiary/aromatic N) is 2. The Bertz CT molecular complexity index is 726. The summed E-state index contributed by atoms with van der Waals surface area (Å²) in [6, 6.07) is 6.59. The largest absolute Gasteiger partial charge is 0.379 e. The molecular weight excluding hydrogens is 354 g/mol. The van der Waals surface area contributed by atoms with E-state index >= 15 is 0 Å². The molecule has 144 valence electrons. The van der Waals surface area contributed by atoms with E-state index in [1.807, 2.05) is 11.8 Å². The molecule has 1 aromatic carbocycles. The second-order valence-corrected chi connectivity index (χ2v) is 8.63. The lowest BCUT2D eigenvalue weighted by Gasteiger charge is -2.29. The van der Waals surface area contributed by atoms with Crippen LogP contribution in [0.15, 0.2) is 29.2 Å². The van der Waals surface area contributed by atoms with Gasteiger partial charge in [0, 0.05) is 37.8 Å². The minimum absolute atomic E-state index is 0.0976. The van der Waals surface area contributed by atoms with Crippen molar-refractivity contribution in [3.63, 3.8) is 0 Å². The fraction of sp³-hybridized carbons (Fsp3) is 0.611. The van der Waals surface area contributed by atoms with Gasteiger partial charge in [-0.15, -0.1) is 0 Å². The molecule has 3 rings (SSSR count). The van der Waals surface area contributed by atoms with E-state index in [1.54, 1.807) is 18.2 Å². The molecule has 7 nitrogen and oxygen atoms in total. The molecule has 1 amide bonds. The topological polar surface area (TPSA) is 79.0 Å².